The van der Waals surface area contributed by atoms with E-state index in [-0.39, 0.29) is 32.2 Å². The molecule has 0 amide bonds. The van der Waals surface area contributed by atoms with Crippen molar-refractivity contribution in [3.8, 4) is 0 Å². The normalized spacial score (nSPS) is 13.3. The summed E-state index contributed by atoms with van der Waals surface area (Å²) < 4.78 is 22.7. The molecule has 0 aromatic carbocycles. The number of hydrogen-bond donors (Lipinski definition) is 1. The molecule has 9 nitrogen and oxygen atoms in total. The molecule has 2 unspecified atom stereocenters. The molecule has 1 N–H and O–H groups in total. The molecule has 0 aromatic heterocycles. The molecule has 0 fully saturated rings. The SMILES string of the molecule is CC/C=C\C/C=C\C/C=C\CCCCCCCC(=O)OC(COC(=O)CCCCCCCCCCCCCCC)COC(OCC[N+](C)(C)C)C(=O)O. The molecular weight excluding hydrogens is 670 g/mol. The smallest absolute Gasteiger partial charge is 0.361 e. The van der Waals surface area contributed by atoms with Crippen molar-refractivity contribution in [2.45, 2.75) is 180 Å². The van der Waals surface area contributed by atoms with E-state index in [1.807, 2.05) is 21.1 Å². The zero-order chi connectivity index (χ0) is 39.3. The third-order valence-corrected chi connectivity index (χ3v) is 8.91. The number of esters is 2. The van der Waals surface area contributed by atoms with E-state index in [0.29, 0.717) is 23.9 Å². The van der Waals surface area contributed by atoms with Crippen molar-refractivity contribution in [1.82, 2.24) is 0 Å². The number of carboxylic acids is 1. The fourth-order valence-corrected chi connectivity index (χ4v) is 5.61. The molecule has 0 saturated carbocycles. The monoisotopic (exact) mass is 751 g/mol. The fourth-order valence-electron chi connectivity index (χ4n) is 5.61. The lowest BCUT2D eigenvalue weighted by Crippen LogP contribution is -2.40. The Kier molecular flexibility index (Phi) is 34.8. The summed E-state index contributed by atoms with van der Waals surface area (Å²) in [6.45, 7) is 4.73. The molecule has 0 heterocycles. The van der Waals surface area contributed by atoms with Crippen molar-refractivity contribution in [3.05, 3.63) is 36.5 Å². The summed E-state index contributed by atoms with van der Waals surface area (Å²) in [6, 6.07) is 0. The maximum Gasteiger partial charge on any atom is 0.361 e. The van der Waals surface area contributed by atoms with Crippen LogP contribution in [0.5, 0.6) is 0 Å². The summed E-state index contributed by atoms with van der Waals surface area (Å²) in [4.78, 5) is 37.0. The highest BCUT2D eigenvalue weighted by atomic mass is 16.7. The molecule has 2 atom stereocenters. The Labute approximate surface area is 324 Å². The van der Waals surface area contributed by atoms with Crippen LogP contribution in [0, 0.1) is 0 Å². The second kappa shape index (κ2) is 36.5. The van der Waals surface area contributed by atoms with Gasteiger partial charge in [-0.05, 0) is 44.9 Å². The van der Waals surface area contributed by atoms with Crippen LogP contribution in [0.3, 0.4) is 0 Å². The zero-order valence-electron chi connectivity index (χ0n) is 34.7. The number of ether oxygens (including phenoxy) is 4. The maximum atomic E-state index is 12.7. The van der Waals surface area contributed by atoms with Crippen molar-refractivity contribution in [2.75, 3.05) is 47.5 Å². The van der Waals surface area contributed by atoms with E-state index in [1.165, 1.54) is 64.2 Å². The van der Waals surface area contributed by atoms with Crippen LogP contribution in [0.15, 0.2) is 36.5 Å². The number of allylic oxidation sites excluding steroid dienone is 6. The van der Waals surface area contributed by atoms with Gasteiger partial charge in [-0.2, -0.15) is 0 Å². The first-order chi connectivity index (χ1) is 25.6. The van der Waals surface area contributed by atoms with Crippen molar-refractivity contribution in [3.63, 3.8) is 0 Å². The van der Waals surface area contributed by atoms with Gasteiger partial charge in [0.2, 0.25) is 0 Å². The van der Waals surface area contributed by atoms with Gasteiger partial charge < -0.3 is 28.5 Å². The van der Waals surface area contributed by atoms with Gasteiger partial charge in [-0.3, -0.25) is 9.59 Å². The van der Waals surface area contributed by atoms with E-state index in [4.69, 9.17) is 18.9 Å². The number of carbonyl (C=O) groups excluding carboxylic acids is 2. The van der Waals surface area contributed by atoms with E-state index in [2.05, 4.69) is 50.3 Å². The quantitative estimate of drug-likeness (QED) is 0.0218. The second-order valence-electron chi connectivity index (χ2n) is 15.3. The highest BCUT2D eigenvalue weighted by Crippen LogP contribution is 2.14. The van der Waals surface area contributed by atoms with Crippen molar-refractivity contribution >= 4 is 17.9 Å². The molecule has 53 heavy (non-hydrogen) atoms. The lowest BCUT2D eigenvalue weighted by atomic mass is 10.0. The molecule has 0 bridgehead atoms. The molecule has 0 aliphatic carbocycles. The number of likely N-dealkylation sites (N-methyl/N-ethyl adjacent to an activating group) is 1. The van der Waals surface area contributed by atoms with Gasteiger partial charge in [0.05, 0.1) is 34.4 Å². The number of carbonyl (C=O) groups is 3. The van der Waals surface area contributed by atoms with Crippen LogP contribution in [-0.4, -0.2) is 87.4 Å². The third-order valence-electron chi connectivity index (χ3n) is 8.91. The van der Waals surface area contributed by atoms with Gasteiger partial charge in [0.1, 0.15) is 13.2 Å². The molecule has 0 spiro atoms. The Balaban J connectivity index is 4.51. The Bertz CT molecular complexity index is 971. The van der Waals surface area contributed by atoms with E-state index < -0.39 is 24.3 Å². The first kappa shape index (κ1) is 50.5. The lowest BCUT2D eigenvalue weighted by molar-refractivity contribution is -0.870. The van der Waals surface area contributed by atoms with Crippen molar-refractivity contribution in [1.29, 1.82) is 0 Å². The Morgan fingerprint density at radius 3 is 1.60 bits per heavy atom. The highest BCUT2D eigenvalue weighted by Gasteiger charge is 2.25. The summed E-state index contributed by atoms with van der Waals surface area (Å²) in [7, 11) is 5.94. The van der Waals surface area contributed by atoms with Crippen LogP contribution < -0.4 is 0 Å². The van der Waals surface area contributed by atoms with Crippen LogP contribution in [-0.2, 0) is 33.3 Å². The minimum Gasteiger partial charge on any atom is -0.477 e. The lowest BCUT2D eigenvalue weighted by Gasteiger charge is -2.25. The van der Waals surface area contributed by atoms with Gasteiger partial charge in [0.15, 0.2) is 6.10 Å². The predicted molar refractivity (Wildman–Crippen MR) is 217 cm³/mol. The molecule has 0 aliphatic rings. The fraction of sp³-hybridized carbons (Fsp3) is 0.795. The largest absolute Gasteiger partial charge is 0.477 e. The van der Waals surface area contributed by atoms with Gasteiger partial charge in [-0.25, -0.2) is 4.79 Å². The molecule has 0 saturated heterocycles. The standard InChI is InChI=1S/C44H79NO8/c1-6-8-10-12-14-16-18-20-21-23-25-27-29-31-33-35-42(47)53-40(39-52-44(43(48)49)50-37-36-45(3,4)5)38-51-41(46)34-32-30-28-26-24-22-19-17-15-13-11-9-7-2/h8,10,14,16,20-21,40,44H,6-7,9,11-13,15,17-19,22-39H2,1-5H3/p+1/b10-8-,16-14-,21-20-. The Morgan fingerprint density at radius 2 is 1.08 bits per heavy atom. The number of carboxylic acid groups (broad SMARTS) is 1. The van der Waals surface area contributed by atoms with Gasteiger partial charge >= 0.3 is 17.9 Å². The van der Waals surface area contributed by atoms with E-state index >= 15 is 0 Å². The Morgan fingerprint density at radius 1 is 0.585 bits per heavy atom. The minimum absolute atomic E-state index is 0.184. The summed E-state index contributed by atoms with van der Waals surface area (Å²) in [5, 5.41) is 9.61. The number of nitrogens with zero attached hydrogens (tertiary/aromatic N) is 1. The summed E-state index contributed by atoms with van der Waals surface area (Å²) in [5.74, 6) is -2.03. The zero-order valence-corrected chi connectivity index (χ0v) is 34.7. The second-order valence-corrected chi connectivity index (χ2v) is 15.3. The Hall–Kier alpha value is -2.49. The predicted octanol–water partition coefficient (Wildman–Crippen LogP) is 10.7. The molecule has 0 rings (SSSR count). The highest BCUT2D eigenvalue weighted by molar-refractivity contribution is 5.71. The van der Waals surface area contributed by atoms with Gasteiger partial charge in [-0.15, -0.1) is 0 Å². The molecule has 308 valence electrons. The van der Waals surface area contributed by atoms with Gasteiger partial charge in [0.25, 0.3) is 6.29 Å². The first-order valence-corrected chi connectivity index (χ1v) is 21.2. The van der Waals surface area contributed by atoms with Crippen molar-refractivity contribution < 1.29 is 42.9 Å². The van der Waals surface area contributed by atoms with Gasteiger partial charge in [0, 0.05) is 12.8 Å². The topological polar surface area (TPSA) is 108 Å². The molecule has 0 radical (unpaired) electrons. The minimum atomic E-state index is -1.51. The van der Waals surface area contributed by atoms with Crippen LogP contribution in [0.25, 0.3) is 0 Å². The van der Waals surface area contributed by atoms with E-state index in [9.17, 15) is 19.5 Å². The van der Waals surface area contributed by atoms with E-state index in [1.54, 1.807) is 0 Å². The summed E-state index contributed by atoms with van der Waals surface area (Å²) in [5.41, 5.74) is 0. The van der Waals surface area contributed by atoms with Crippen LogP contribution in [0.4, 0.5) is 0 Å². The third kappa shape index (κ3) is 37.6. The molecule has 0 aromatic rings. The average Bonchev–Trinajstić information content (AvgIpc) is 3.11. The average molecular weight is 751 g/mol. The molecular formula is C44H80NO8+. The van der Waals surface area contributed by atoms with Crippen molar-refractivity contribution in [2.24, 2.45) is 0 Å². The van der Waals surface area contributed by atoms with Crippen LogP contribution >= 0.6 is 0 Å². The number of hydrogen-bond acceptors (Lipinski definition) is 7. The van der Waals surface area contributed by atoms with Crippen LogP contribution in [0.1, 0.15) is 168 Å². The maximum absolute atomic E-state index is 12.7. The number of aliphatic carboxylic acids is 1. The van der Waals surface area contributed by atoms with E-state index in [0.717, 1.165) is 70.6 Å². The number of quaternary nitrogens is 1. The molecule has 9 heteroatoms. The summed E-state index contributed by atoms with van der Waals surface area (Å²) >= 11 is 0. The first-order valence-electron chi connectivity index (χ1n) is 21.2. The molecule has 0 aliphatic heterocycles. The van der Waals surface area contributed by atoms with Crippen LogP contribution in [0.2, 0.25) is 0 Å². The number of rotatable bonds is 38. The number of unbranched alkanes of at least 4 members (excludes halogenated alkanes) is 17. The van der Waals surface area contributed by atoms with Gasteiger partial charge in [-0.1, -0.05) is 147 Å². The summed E-state index contributed by atoms with van der Waals surface area (Å²) in [6.07, 6.45) is 36.3.